The van der Waals surface area contributed by atoms with Gasteiger partial charge in [-0.1, -0.05) is 11.8 Å². The van der Waals surface area contributed by atoms with E-state index in [0.717, 1.165) is 48.0 Å². The smallest absolute Gasteiger partial charge is 0.175 e. The lowest BCUT2D eigenvalue weighted by Crippen LogP contribution is -2.11. The molecule has 0 radical (unpaired) electrons. The summed E-state index contributed by atoms with van der Waals surface area (Å²) >= 11 is 3.88. The molecule has 25 heavy (non-hydrogen) atoms. The molecule has 128 valence electrons. The quantitative estimate of drug-likeness (QED) is 0.597. The number of nitrogens with zero attached hydrogens (tertiary/aromatic N) is 4. The highest BCUT2D eigenvalue weighted by molar-refractivity contribution is 14.1. The van der Waals surface area contributed by atoms with Gasteiger partial charge in [-0.3, -0.25) is 4.79 Å². The molecule has 0 bridgehead atoms. The minimum Gasteiger partial charge on any atom is -0.329 e. The summed E-state index contributed by atoms with van der Waals surface area (Å²) in [7, 11) is 0. The number of aromatic nitrogens is 4. The lowest BCUT2D eigenvalue weighted by atomic mass is 10.1. The van der Waals surface area contributed by atoms with Gasteiger partial charge in [-0.05, 0) is 53.6 Å². The average Bonchev–Trinajstić information content (AvgIpc) is 3.11. The first-order chi connectivity index (χ1) is 12.1. The van der Waals surface area contributed by atoms with Gasteiger partial charge in [0, 0.05) is 33.5 Å². The third kappa shape index (κ3) is 2.96. The molecule has 8 heteroatoms. The summed E-state index contributed by atoms with van der Waals surface area (Å²) in [5.41, 5.74) is 10.2. The van der Waals surface area contributed by atoms with Crippen LogP contribution in [0.3, 0.4) is 0 Å². The molecule has 0 spiro atoms. The van der Waals surface area contributed by atoms with Crippen molar-refractivity contribution >= 4 is 51.3 Å². The number of halogens is 1. The van der Waals surface area contributed by atoms with Crippen molar-refractivity contribution < 1.29 is 4.79 Å². The van der Waals surface area contributed by atoms with E-state index in [1.54, 1.807) is 18.1 Å². The molecule has 0 atom stereocenters. The lowest BCUT2D eigenvalue weighted by Gasteiger charge is -2.09. The number of aryl methyl sites for hydroxylation is 2. The predicted molar refractivity (Wildman–Crippen MR) is 105 cm³/mol. The van der Waals surface area contributed by atoms with Gasteiger partial charge in [-0.15, -0.1) is 0 Å². The summed E-state index contributed by atoms with van der Waals surface area (Å²) in [6.07, 6.45) is 3.01. The molecule has 0 saturated heterocycles. The maximum absolute atomic E-state index is 12.1. The van der Waals surface area contributed by atoms with Gasteiger partial charge in [-0.25, -0.2) is 15.0 Å². The Kier molecular flexibility index (Phi) is 4.50. The average molecular weight is 465 g/mol. The summed E-state index contributed by atoms with van der Waals surface area (Å²) in [6.45, 7) is 3.06. The Morgan fingerprint density at radius 2 is 2.16 bits per heavy atom. The number of Topliss-reactive ketones (excluding diaryl/α,β-unsaturated/α-hetero) is 1. The summed E-state index contributed by atoms with van der Waals surface area (Å²) in [5, 5.41) is 0.826. The minimum absolute atomic E-state index is 0.227. The number of carbonyl (C=O) groups is 1. The number of ketones is 1. The third-order valence-electron chi connectivity index (χ3n) is 4.31. The molecule has 3 aromatic rings. The number of benzene rings is 1. The Morgan fingerprint density at radius 3 is 2.96 bits per heavy atom. The standard InChI is InChI=1S/C17H16IN5OS/c1-9-15-16(21-8-20-9)23(5-4-19)17(22-15)25-14-7-11-10(6-12(14)18)2-3-13(11)24/h6-8H,2-5,19H2,1H3. The second-order valence-electron chi connectivity index (χ2n) is 5.93. The molecule has 4 rings (SSSR count). The van der Waals surface area contributed by atoms with Crippen molar-refractivity contribution in [1.29, 1.82) is 0 Å². The zero-order valence-electron chi connectivity index (χ0n) is 13.6. The van der Waals surface area contributed by atoms with Crippen LogP contribution in [0.1, 0.15) is 28.0 Å². The van der Waals surface area contributed by atoms with Crippen LogP contribution in [0.25, 0.3) is 11.2 Å². The minimum atomic E-state index is 0.227. The van der Waals surface area contributed by atoms with Gasteiger partial charge in [0.25, 0.3) is 0 Å². The van der Waals surface area contributed by atoms with Gasteiger partial charge < -0.3 is 10.3 Å². The van der Waals surface area contributed by atoms with Gasteiger partial charge in [0.15, 0.2) is 16.6 Å². The Hall–Kier alpha value is -1.52. The molecule has 2 heterocycles. The molecule has 6 nitrogen and oxygen atoms in total. The molecular weight excluding hydrogens is 449 g/mol. The fourth-order valence-electron chi connectivity index (χ4n) is 3.06. The molecule has 2 N–H and O–H groups in total. The maximum Gasteiger partial charge on any atom is 0.175 e. The van der Waals surface area contributed by atoms with Gasteiger partial charge in [0.2, 0.25) is 0 Å². The van der Waals surface area contributed by atoms with Crippen LogP contribution in [-0.4, -0.2) is 31.8 Å². The van der Waals surface area contributed by atoms with E-state index in [4.69, 9.17) is 10.7 Å². The number of hydrogen-bond acceptors (Lipinski definition) is 6. The Bertz CT molecular complexity index is 1000. The number of hydrogen-bond donors (Lipinski definition) is 1. The van der Waals surface area contributed by atoms with Crippen LogP contribution in [0.2, 0.25) is 0 Å². The first-order valence-corrected chi connectivity index (χ1v) is 9.89. The largest absolute Gasteiger partial charge is 0.329 e. The topological polar surface area (TPSA) is 86.7 Å². The second-order valence-corrected chi connectivity index (χ2v) is 8.10. The summed E-state index contributed by atoms with van der Waals surface area (Å²) in [5.74, 6) is 0.227. The lowest BCUT2D eigenvalue weighted by molar-refractivity contribution is 0.0994. The van der Waals surface area contributed by atoms with Crippen molar-refractivity contribution in [2.45, 2.75) is 36.4 Å². The van der Waals surface area contributed by atoms with Crippen LogP contribution in [0.4, 0.5) is 0 Å². The second kappa shape index (κ2) is 6.65. The van der Waals surface area contributed by atoms with Crippen molar-refractivity contribution in [3.05, 3.63) is 38.9 Å². The van der Waals surface area contributed by atoms with Crippen LogP contribution < -0.4 is 5.73 Å². The maximum atomic E-state index is 12.1. The van der Waals surface area contributed by atoms with Crippen LogP contribution in [-0.2, 0) is 13.0 Å². The van der Waals surface area contributed by atoms with E-state index in [2.05, 4.69) is 38.6 Å². The van der Waals surface area contributed by atoms with E-state index >= 15 is 0 Å². The molecule has 1 aliphatic rings. The Morgan fingerprint density at radius 1 is 1.32 bits per heavy atom. The summed E-state index contributed by atoms with van der Waals surface area (Å²) in [6, 6.07) is 4.12. The fourth-order valence-corrected chi connectivity index (χ4v) is 4.87. The van der Waals surface area contributed by atoms with Crippen molar-refractivity contribution in [3.8, 4) is 0 Å². The van der Waals surface area contributed by atoms with Gasteiger partial charge in [-0.2, -0.15) is 0 Å². The number of rotatable bonds is 4. The molecular formula is C17H16IN5OS. The highest BCUT2D eigenvalue weighted by atomic mass is 127. The van der Waals surface area contributed by atoms with Crippen LogP contribution in [0.5, 0.6) is 0 Å². The fraction of sp³-hybridized carbons (Fsp3) is 0.294. The first-order valence-electron chi connectivity index (χ1n) is 8.00. The van der Waals surface area contributed by atoms with E-state index in [1.807, 2.05) is 17.6 Å². The SMILES string of the molecule is Cc1ncnc2c1nc(Sc1cc3c(cc1I)CCC3=O)n2CCN. The highest BCUT2D eigenvalue weighted by Gasteiger charge is 2.23. The molecule has 0 unspecified atom stereocenters. The molecule has 0 aliphatic heterocycles. The van der Waals surface area contributed by atoms with Gasteiger partial charge in [0.05, 0.1) is 5.69 Å². The first kappa shape index (κ1) is 16.9. The van der Waals surface area contributed by atoms with E-state index < -0.39 is 0 Å². The van der Waals surface area contributed by atoms with Crippen LogP contribution >= 0.6 is 34.4 Å². The highest BCUT2D eigenvalue weighted by Crippen LogP contribution is 2.36. The van der Waals surface area contributed by atoms with Crippen molar-refractivity contribution in [1.82, 2.24) is 19.5 Å². The zero-order valence-corrected chi connectivity index (χ0v) is 16.6. The number of imidazole rings is 1. The monoisotopic (exact) mass is 465 g/mol. The molecule has 0 saturated carbocycles. The molecule has 1 aromatic carbocycles. The van der Waals surface area contributed by atoms with E-state index in [9.17, 15) is 4.79 Å². The molecule has 0 fully saturated rings. The third-order valence-corrected chi connectivity index (χ3v) is 6.62. The van der Waals surface area contributed by atoms with E-state index in [-0.39, 0.29) is 5.78 Å². The Balaban J connectivity index is 1.81. The van der Waals surface area contributed by atoms with Crippen molar-refractivity contribution in [2.75, 3.05) is 6.54 Å². The predicted octanol–water partition coefficient (Wildman–Crippen LogP) is 2.98. The molecule has 0 amide bonds. The van der Waals surface area contributed by atoms with Gasteiger partial charge in [0.1, 0.15) is 11.8 Å². The zero-order chi connectivity index (χ0) is 17.6. The number of carbonyl (C=O) groups excluding carboxylic acids is 1. The number of fused-ring (bicyclic) bond motifs is 2. The van der Waals surface area contributed by atoms with Crippen LogP contribution in [0.15, 0.2) is 28.5 Å². The number of nitrogens with two attached hydrogens (primary N) is 1. The molecule has 2 aromatic heterocycles. The molecule has 1 aliphatic carbocycles. The normalized spacial score (nSPS) is 13.6. The van der Waals surface area contributed by atoms with E-state index in [1.165, 1.54) is 0 Å². The Labute approximate surface area is 162 Å². The van der Waals surface area contributed by atoms with E-state index in [0.29, 0.717) is 19.5 Å². The van der Waals surface area contributed by atoms with Crippen LogP contribution in [0, 0.1) is 10.5 Å². The van der Waals surface area contributed by atoms with Crippen molar-refractivity contribution in [2.24, 2.45) is 5.73 Å². The summed E-state index contributed by atoms with van der Waals surface area (Å²) < 4.78 is 3.16. The van der Waals surface area contributed by atoms with Gasteiger partial charge >= 0.3 is 0 Å². The summed E-state index contributed by atoms with van der Waals surface area (Å²) in [4.78, 5) is 26.5. The van der Waals surface area contributed by atoms with Crippen molar-refractivity contribution in [3.63, 3.8) is 0 Å².